The standard InChI is InChI=1S/C20H21NO5/c1-13(14-7-5-4-6-8-14)9-18(22)21-17-11-15(19(23)25-2)10-16(12-17)20(24)26-3/h4-8,10-13H,9H2,1-3H3,(H,21,22)/t13-/m1/s1. The second kappa shape index (κ2) is 8.80. The molecule has 1 N–H and O–H groups in total. The Balaban J connectivity index is 2.17. The molecule has 0 aromatic heterocycles. The van der Waals surface area contributed by atoms with E-state index in [1.54, 1.807) is 0 Å². The van der Waals surface area contributed by atoms with Crippen LogP contribution < -0.4 is 5.32 Å². The highest BCUT2D eigenvalue weighted by molar-refractivity contribution is 5.99. The van der Waals surface area contributed by atoms with Crippen LogP contribution in [0.1, 0.15) is 45.5 Å². The summed E-state index contributed by atoms with van der Waals surface area (Å²) in [7, 11) is 2.49. The van der Waals surface area contributed by atoms with E-state index in [1.165, 1.54) is 32.4 Å². The van der Waals surface area contributed by atoms with Gasteiger partial charge in [0.25, 0.3) is 0 Å². The Morgan fingerprint density at radius 1 is 0.923 bits per heavy atom. The molecule has 2 aromatic carbocycles. The number of hydrogen-bond donors (Lipinski definition) is 1. The van der Waals surface area contributed by atoms with Crippen LogP contribution in [0.4, 0.5) is 5.69 Å². The molecule has 0 radical (unpaired) electrons. The van der Waals surface area contributed by atoms with E-state index in [9.17, 15) is 14.4 Å². The predicted octanol–water partition coefficient (Wildman–Crippen LogP) is 3.39. The van der Waals surface area contributed by atoms with Crippen molar-refractivity contribution >= 4 is 23.5 Å². The van der Waals surface area contributed by atoms with Crippen LogP contribution in [0.25, 0.3) is 0 Å². The summed E-state index contributed by atoms with van der Waals surface area (Å²) in [6.45, 7) is 1.96. The van der Waals surface area contributed by atoms with Gasteiger partial charge in [-0.15, -0.1) is 0 Å². The average Bonchev–Trinajstić information content (AvgIpc) is 2.66. The van der Waals surface area contributed by atoms with Crippen molar-refractivity contribution in [1.29, 1.82) is 0 Å². The summed E-state index contributed by atoms with van der Waals surface area (Å²) in [5.41, 5.74) is 1.70. The molecule has 0 spiro atoms. The third-order valence-corrected chi connectivity index (χ3v) is 3.92. The molecule has 2 rings (SSSR count). The summed E-state index contributed by atoms with van der Waals surface area (Å²) in [4.78, 5) is 35.9. The number of rotatable bonds is 6. The van der Waals surface area contributed by atoms with E-state index < -0.39 is 11.9 Å². The zero-order chi connectivity index (χ0) is 19.1. The number of anilines is 1. The van der Waals surface area contributed by atoms with Crippen LogP contribution in [0, 0.1) is 0 Å². The number of methoxy groups -OCH3 is 2. The number of ether oxygens (including phenoxy) is 2. The second-order valence-electron chi connectivity index (χ2n) is 5.85. The molecule has 0 aliphatic heterocycles. The van der Waals surface area contributed by atoms with Crippen LogP contribution in [-0.4, -0.2) is 32.1 Å². The van der Waals surface area contributed by atoms with Crippen molar-refractivity contribution in [3.05, 3.63) is 65.2 Å². The molecule has 0 saturated heterocycles. The summed E-state index contributed by atoms with van der Waals surface area (Å²) in [5.74, 6) is -1.41. The fraction of sp³-hybridized carbons (Fsp3) is 0.250. The number of nitrogens with one attached hydrogen (secondary N) is 1. The quantitative estimate of drug-likeness (QED) is 0.803. The van der Waals surface area contributed by atoms with Crippen LogP contribution >= 0.6 is 0 Å². The van der Waals surface area contributed by atoms with Crippen LogP contribution in [-0.2, 0) is 14.3 Å². The molecule has 6 nitrogen and oxygen atoms in total. The lowest BCUT2D eigenvalue weighted by Crippen LogP contribution is -2.16. The fourth-order valence-electron chi connectivity index (χ4n) is 2.56. The Labute approximate surface area is 152 Å². The first-order valence-corrected chi connectivity index (χ1v) is 8.11. The summed E-state index contributed by atoms with van der Waals surface area (Å²) in [6, 6.07) is 14.0. The van der Waals surface area contributed by atoms with Crippen LogP contribution in [0.2, 0.25) is 0 Å². The maximum Gasteiger partial charge on any atom is 0.337 e. The summed E-state index contributed by atoms with van der Waals surface area (Å²) in [6.07, 6.45) is 0.264. The van der Waals surface area contributed by atoms with E-state index in [2.05, 4.69) is 14.8 Å². The molecular formula is C20H21NO5. The first kappa shape index (κ1) is 19.2. The van der Waals surface area contributed by atoms with Crippen molar-refractivity contribution < 1.29 is 23.9 Å². The number of carbonyl (C=O) groups is 3. The number of amides is 1. The highest BCUT2D eigenvalue weighted by atomic mass is 16.5. The Morgan fingerprint density at radius 3 is 1.96 bits per heavy atom. The molecule has 0 bridgehead atoms. The monoisotopic (exact) mass is 355 g/mol. The molecule has 0 aliphatic rings. The number of hydrogen-bond acceptors (Lipinski definition) is 5. The highest BCUT2D eigenvalue weighted by Gasteiger charge is 2.16. The molecule has 26 heavy (non-hydrogen) atoms. The molecule has 2 aromatic rings. The van der Waals surface area contributed by atoms with Crippen molar-refractivity contribution in [2.24, 2.45) is 0 Å². The zero-order valence-corrected chi connectivity index (χ0v) is 14.9. The van der Waals surface area contributed by atoms with E-state index >= 15 is 0 Å². The lowest BCUT2D eigenvalue weighted by Gasteiger charge is -2.13. The van der Waals surface area contributed by atoms with E-state index in [0.717, 1.165) is 5.56 Å². The molecule has 1 amide bonds. The molecule has 136 valence electrons. The number of benzene rings is 2. The van der Waals surface area contributed by atoms with E-state index in [-0.39, 0.29) is 29.4 Å². The Kier molecular flexibility index (Phi) is 6.49. The lowest BCUT2D eigenvalue weighted by molar-refractivity contribution is -0.116. The van der Waals surface area contributed by atoms with Crippen molar-refractivity contribution in [3.63, 3.8) is 0 Å². The summed E-state index contributed by atoms with van der Waals surface area (Å²) < 4.78 is 9.37. The van der Waals surface area contributed by atoms with Crippen molar-refractivity contribution in [1.82, 2.24) is 0 Å². The smallest absolute Gasteiger partial charge is 0.337 e. The molecule has 1 atom stereocenters. The molecular weight excluding hydrogens is 334 g/mol. The Hall–Kier alpha value is -3.15. The van der Waals surface area contributed by atoms with Gasteiger partial charge in [-0.25, -0.2) is 9.59 Å². The first-order valence-electron chi connectivity index (χ1n) is 8.11. The van der Waals surface area contributed by atoms with Crippen LogP contribution in [0.15, 0.2) is 48.5 Å². The third-order valence-electron chi connectivity index (χ3n) is 3.92. The largest absolute Gasteiger partial charge is 0.465 e. The summed E-state index contributed by atoms with van der Waals surface area (Å²) >= 11 is 0. The number of carbonyl (C=O) groups excluding carboxylic acids is 3. The predicted molar refractivity (Wildman–Crippen MR) is 97.2 cm³/mol. The van der Waals surface area contributed by atoms with Gasteiger partial charge in [0, 0.05) is 12.1 Å². The second-order valence-corrected chi connectivity index (χ2v) is 5.85. The molecule has 0 fully saturated rings. The maximum absolute atomic E-state index is 12.4. The van der Waals surface area contributed by atoms with Gasteiger partial charge in [-0.2, -0.15) is 0 Å². The van der Waals surface area contributed by atoms with Crippen LogP contribution in [0.3, 0.4) is 0 Å². The topological polar surface area (TPSA) is 81.7 Å². The van der Waals surface area contributed by atoms with Gasteiger partial charge in [0.2, 0.25) is 5.91 Å². The fourth-order valence-corrected chi connectivity index (χ4v) is 2.56. The van der Waals surface area contributed by atoms with E-state index in [0.29, 0.717) is 5.69 Å². The summed E-state index contributed by atoms with van der Waals surface area (Å²) in [5, 5.41) is 2.73. The van der Waals surface area contributed by atoms with Gasteiger partial charge in [-0.3, -0.25) is 4.79 Å². The van der Waals surface area contributed by atoms with Gasteiger partial charge >= 0.3 is 11.9 Å². The zero-order valence-electron chi connectivity index (χ0n) is 14.9. The van der Waals surface area contributed by atoms with Gasteiger partial charge in [-0.1, -0.05) is 37.3 Å². The number of esters is 2. The SMILES string of the molecule is COC(=O)c1cc(NC(=O)C[C@@H](C)c2ccccc2)cc(C(=O)OC)c1. The van der Waals surface area contributed by atoms with E-state index in [4.69, 9.17) is 0 Å². The third kappa shape index (κ3) is 4.92. The van der Waals surface area contributed by atoms with Gasteiger partial charge in [-0.05, 0) is 29.7 Å². The van der Waals surface area contributed by atoms with Gasteiger partial charge in [0.05, 0.1) is 25.3 Å². The van der Waals surface area contributed by atoms with E-state index in [1.807, 2.05) is 37.3 Å². The van der Waals surface area contributed by atoms with Gasteiger partial charge in [0.15, 0.2) is 0 Å². The average molecular weight is 355 g/mol. The normalized spacial score (nSPS) is 11.3. The lowest BCUT2D eigenvalue weighted by atomic mass is 9.97. The molecule has 0 saturated carbocycles. The van der Waals surface area contributed by atoms with Crippen molar-refractivity contribution in [3.8, 4) is 0 Å². The minimum atomic E-state index is -0.607. The van der Waals surface area contributed by atoms with Gasteiger partial charge < -0.3 is 14.8 Å². The first-order chi connectivity index (χ1) is 12.4. The highest BCUT2D eigenvalue weighted by Crippen LogP contribution is 2.21. The van der Waals surface area contributed by atoms with Crippen molar-refractivity contribution in [2.45, 2.75) is 19.3 Å². The minimum absolute atomic E-state index is 0.0278. The molecule has 6 heteroatoms. The minimum Gasteiger partial charge on any atom is -0.465 e. The molecule has 0 heterocycles. The van der Waals surface area contributed by atoms with Crippen LogP contribution in [0.5, 0.6) is 0 Å². The molecule has 0 unspecified atom stereocenters. The maximum atomic E-state index is 12.4. The molecule has 0 aliphatic carbocycles. The Morgan fingerprint density at radius 2 is 1.46 bits per heavy atom. The van der Waals surface area contributed by atoms with Crippen molar-refractivity contribution in [2.75, 3.05) is 19.5 Å². The Bertz CT molecular complexity index is 767. The van der Waals surface area contributed by atoms with Gasteiger partial charge in [0.1, 0.15) is 0 Å².